The number of methoxy groups -OCH3 is 1. The first-order chi connectivity index (χ1) is 13.2. The van der Waals surface area contributed by atoms with Gasteiger partial charge in [0.1, 0.15) is 0 Å². The summed E-state index contributed by atoms with van der Waals surface area (Å²) in [4.78, 5) is 17.1. The minimum atomic E-state index is -3.18. The first kappa shape index (κ1) is 22.6. The summed E-state index contributed by atoms with van der Waals surface area (Å²) >= 11 is 1.43. The summed E-state index contributed by atoms with van der Waals surface area (Å²) in [6.07, 6.45) is 1.71. The van der Waals surface area contributed by atoms with Crippen LogP contribution in [0.2, 0.25) is 0 Å². The molecule has 0 aliphatic rings. The minimum Gasteiger partial charge on any atom is -0.383 e. The number of aromatic nitrogens is 2. The third-order valence-corrected chi connectivity index (χ3v) is 6.03. The van der Waals surface area contributed by atoms with E-state index in [0.29, 0.717) is 37.4 Å². The molecule has 2 rings (SSSR count). The van der Waals surface area contributed by atoms with Crippen molar-refractivity contribution in [1.29, 1.82) is 0 Å². The average Bonchev–Trinajstić information content (AvgIpc) is 2.91. The predicted octanol–water partition coefficient (Wildman–Crippen LogP) is 2.21. The summed E-state index contributed by atoms with van der Waals surface area (Å²) < 4.78 is 31.9. The predicted molar refractivity (Wildman–Crippen MR) is 112 cm³/mol. The highest BCUT2D eigenvalue weighted by Crippen LogP contribution is 2.22. The van der Waals surface area contributed by atoms with Crippen molar-refractivity contribution in [2.24, 2.45) is 0 Å². The largest absolute Gasteiger partial charge is 0.383 e. The Bertz CT molecular complexity index is 906. The van der Waals surface area contributed by atoms with E-state index in [1.165, 1.54) is 11.8 Å². The molecule has 0 aliphatic heterocycles. The highest BCUT2D eigenvalue weighted by Gasteiger charge is 2.14. The lowest BCUT2D eigenvalue weighted by Crippen LogP contribution is -2.24. The highest BCUT2D eigenvalue weighted by molar-refractivity contribution is 7.99. The molecule has 28 heavy (non-hydrogen) atoms. The van der Waals surface area contributed by atoms with Crippen molar-refractivity contribution in [2.45, 2.75) is 32.0 Å². The standard InChI is InChI=1S/C19H27N3O4S2/c1-14-15(2)22(11-12-26-3)19(21-14)27-13-18(23)17-7-5-16(6-8-17)9-10-20-28(4,24)25/h5-8,20H,9-13H2,1-4H3. The van der Waals surface area contributed by atoms with Crippen molar-refractivity contribution in [3.63, 3.8) is 0 Å². The van der Waals surface area contributed by atoms with E-state index in [1.807, 2.05) is 26.0 Å². The first-order valence-electron chi connectivity index (χ1n) is 8.93. The van der Waals surface area contributed by atoms with E-state index >= 15 is 0 Å². The zero-order chi connectivity index (χ0) is 20.7. The number of nitrogens with one attached hydrogen (secondary N) is 1. The summed E-state index contributed by atoms with van der Waals surface area (Å²) in [5, 5.41) is 0.823. The monoisotopic (exact) mass is 425 g/mol. The number of nitrogens with zero attached hydrogens (tertiary/aromatic N) is 2. The first-order valence-corrected chi connectivity index (χ1v) is 11.8. The second-order valence-corrected chi connectivity index (χ2v) is 9.31. The molecule has 154 valence electrons. The van der Waals surface area contributed by atoms with E-state index in [1.54, 1.807) is 19.2 Å². The lowest BCUT2D eigenvalue weighted by Gasteiger charge is -2.09. The normalized spacial score (nSPS) is 11.7. The summed E-state index contributed by atoms with van der Waals surface area (Å²) in [6, 6.07) is 7.28. The number of carbonyl (C=O) groups is 1. The fourth-order valence-corrected chi connectivity index (χ4v) is 4.12. The number of ketones is 1. The Balaban J connectivity index is 1.94. The van der Waals surface area contributed by atoms with Gasteiger partial charge in [-0.25, -0.2) is 18.1 Å². The lowest BCUT2D eigenvalue weighted by atomic mass is 10.1. The van der Waals surface area contributed by atoms with Crippen LogP contribution in [0.15, 0.2) is 29.4 Å². The van der Waals surface area contributed by atoms with Crippen molar-refractivity contribution >= 4 is 27.6 Å². The minimum absolute atomic E-state index is 0.0300. The molecule has 0 unspecified atom stereocenters. The maximum absolute atomic E-state index is 12.5. The van der Waals surface area contributed by atoms with Crippen molar-refractivity contribution in [1.82, 2.24) is 14.3 Å². The molecule has 0 atom stereocenters. The third-order valence-electron chi connectivity index (χ3n) is 4.33. The van der Waals surface area contributed by atoms with Gasteiger partial charge in [-0.15, -0.1) is 0 Å². The molecule has 1 heterocycles. The fraction of sp³-hybridized carbons (Fsp3) is 0.474. The van der Waals surface area contributed by atoms with Gasteiger partial charge in [0.2, 0.25) is 10.0 Å². The molecule has 1 aromatic heterocycles. The molecule has 9 heteroatoms. The van der Waals surface area contributed by atoms with E-state index < -0.39 is 10.0 Å². The van der Waals surface area contributed by atoms with Crippen molar-refractivity contribution in [2.75, 3.05) is 32.3 Å². The second-order valence-electron chi connectivity index (χ2n) is 6.53. The number of benzene rings is 1. The molecule has 0 saturated carbocycles. The van der Waals surface area contributed by atoms with Gasteiger partial charge >= 0.3 is 0 Å². The number of hydrogen-bond acceptors (Lipinski definition) is 6. The Kier molecular flexibility index (Phi) is 8.23. The van der Waals surface area contributed by atoms with E-state index in [4.69, 9.17) is 4.74 Å². The number of imidazole rings is 1. The Hall–Kier alpha value is -1.68. The number of hydrogen-bond donors (Lipinski definition) is 1. The van der Waals surface area contributed by atoms with Crippen LogP contribution >= 0.6 is 11.8 Å². The van der Waals surface area contributed by atoms with Gasteiger partial charge in [-0.3, -0.25) is 4.79 Å². The topological polar surface area (TPSA) is 90.3 Å². The van der Waals surface area contributed by atoms with Crippen LogP contribution in [0.3, 0.4) is 0 Å². The molecule has 7 nitrogen and oxygen atoms in total. The van der Waals surface area contributed by atoms with Gasteiger partial charge in [0, 0.05) is 31.5 Å². The molecular weight excluding hydrogens is 398 g/mol. The van der Waals surface area contributed by atoms with Crippen LogP contribution in [0.1, 0.15) is 27.3 Å². The molecule has 1 N–H and O–H groups in total. The summed E-state index contributed by atoms with van der Waals surface area (Å²) in [7, 11) is -1.52. The van der Waals surface area contributed by atoms with Gasteiger partial charge in [0.15, 0.2) is 10.9 Å². The molecule has 0 spiro atoms. The Morgan fingerprint density at radius 3 is 2.54 bits per heavy atom. The highest BCUT2D eigenvalue weighted by atomic mass is 32.2. The number of rotatable bonds is 11. The molecule has 0 radical (unpaired) electrons. The van der Waals surface area contributed by atoms with Crippen LogP contribution in [0.5, 0.6) is 0 Å². The Labute approximate surface area is 170 Å². The van der Waals surface area contributed by atoms with Crippen molar-refractivity contribution in [3.05, 3.63) is 46.8 Å². The fourth-order valence-electron chi connectivity index (χ4n) is 2.63. The number of carbonyl (C=O) groups excluding carboxylic acids is 1. The van der Waals surface area contributed by atoms with Gasteiger partial charge in [-0.2, -0.15) is 0 Å². The van der Waals surface area contributed by atoms with E-state index in [2.05, 4.69) is 14.3 Å². The van der Waals surface area contributed by atoms with Gasteiger partial charge in [-0.05, 0) is 25.8 Å². The number of Topliss-reactive ketones (excluding diaryl/α,β-unsaturated/α-hetero) is 1. The maximum Gasteiger partial charge on any atom is 0.208 e. The average molecular weight is 426 g/mol. The molecule has 0 aliphatic carbocycles. The van der Waals surface area contributed by atoms with Gasteiger partial charge in [0.05, 0.1) is 24.3 Å². The van der Waals surface area contributed by atoms with Crippen LogP contribution in [-0.4, -0.2) is 56.0 Å². The van der Waals surface area contributed by atoms with Crippen LogP contribution in [-0.2, 0) is 27.7 Å². The van der Waals surface area contributed by atoms with E-state index in [-0.39, 0.29) is 5.78 Å². The van der Waals surface area contributed by atoms with E-state index in [9.17, 15) is 13.2 Å². The summed E-state index contributed by atoms with van der Waals surface area (Å²) in [6.45, 7) is 5.61. The van der Waals surface area contributed by atoms with Gasteiger partial charge in [-0.1, -0.05) is 36.0 Å². The molecule has 0 bridgehead atoms. The van der Waals surface area contributed by atoms with Gasteiger partial charge in [0.25, 0.3) is 0 Å². The Morgan fingerprint density at radius 1 is 1.25 bits per heavy atom. The van der Waals surface area contributed by atoms with Gasteiger partial charge < -0.3 is 9.30 Å². The SMILES string of the molecule is COCCn1c(SCC(=O)c2ccc(CCNS(C)(=O)=O)cc2)nc(C)c1C. The summed E-state index contributed by atoms with van der Waals surface area (Å²) in [5.74, 6) is 0.333. The van der Waals surface area contributed by atoms with Crippen LogP contribution in [0, 0.1) is 13.8 Å². The second kappa shape index (κ2) is 10.2. The van der Waals surface area contributed by atoms with Crippen LogP contribution < -0.4 is 4.72 Å². The number of aryl methyl sites for hydroxylation is 1. The van der Waals surface area contributed by atoms with Crippen LogP contribution in [0.4, 0.5) is 0 Å². The zero-order valence-electron chi connectivity index (χ0n) is 16.7. The lowest BCUT2D eigenvalue weighted by molar-refractivity contribution is 0.102. The van der Waals surface area contributed by atoms with Crippen molar-refractivity contribution < 1.29 is 17.9 Å². The number of ether oxygens (including phenoxy) is 1. The molecule has 0 fully saturated rings. The third kappa shape index (κ3) is 6.73. The molecule has 1 aromatic carbocycles. The maximum atomic E-state index is 12.5. The molecular formula is C19H27N3O4S2. The number of thioether (sulfide) groups is 1. The zero-order valence-corrected chi connectivity index (χ0v) is 18.3. The van der Waals surface area contributed by atoms with Crippen molar-refractivity contribution in [3.8, 4) is 0 Å². The quantitative estimate of drug-likeness (QED) is 0.439. The Morgan fingerprint density at radius 2 is 1.93 bits per heavy atom. The summed E-state index contributed by atoms with van der Waals surface area (Å²) in [5.41, 5.74) is 3.65. The molecule has 0 saturated heterocycles. The molecule has 2 aromatic rings. The van der Waals surface area contributed by atoms with Crippen LogP contribution in [0.25, 0.3) is 0 Å². The number of sulfonamides is 1. The smallest absolute Gasteiger partial charge is 0.208 e. The molecule has 0 amide bonds. The van der Waals surface area contributed by atoms with E-state index in [0.717, 1.165) is 28.4 Å².